The maximum Gasteiger partial charge on any atom is 0.350 e. The van der Waals surface area contributed by atoms with E-state index in [1.165, 1.54) is 43.8 Å². The highest BCUT2D eigenvalue weighted by molar-refractivity contribution is 7.22. The number of hydrogen-bond donors (Lipinski definition) is 0. The van der Waals surface area contributed by atoms with E-state index in [1.54, 1.807) is 43.6 Å². The molecule has 364 valence electrons. The van der Waals surface area contributed by atoms with Gasteiger partial charge in [-0.2, -0.15) is 0 Å². The lowest BCUT2D eigenvalue weighted by Gasteiger charge is -2.32. The summed E-state index contributed by atoms with van der Waals surface area (Å²) in [6.45, 7) is 8.18. The third-order valence-corrected chi connectivity index (χ3v) is 13.2. The number of benzene rings is 4. The van der Waals surface area contributed by atoms with Crippen molar-refractivity contribution in [1.82, 2.24) is 29.7 Å². The molecule has 7 aromatic rings. The Bertz CT molecular complexity index is 2940. The van der Waals surface area contributed by atoms with Crippen LogP contribution in [0.15, 0.2) is 104 Å². The van der Waals surface area contributed by atoms with E-state index in [0.29, 0.717) is 72.9 Å². The lowest BCUT2D eigenvalue weighted by molar-refractivity contribution is -0.191. The summed E-state index contributed by atoms with van der Waals surface area (Å²) in [5.41, 5.74) is 4.70. The highest BCUT2D eigenvalue weighted by Gasteiger charge is 2.31. The van der Waals surface area contributed by atoms with Crippen LogP contribution in [0.1, 0.15) is 23.7 Å². The maximum atomic E-state index is 14.4. The molecule has 0 saturated carbocycles. The zero-order valence-electron chi connectivity index (χ0n) is 39.4. The largest absolute Gasteiger partial charge is 0.496 e. The Morgan fingerprint density at radius 1 is 0.843 bits per heavy atom. The number of ether oxygens (including phenoxy) is 7. The van der Waals surface area contributed by atoms with Crippen molar-refractivity contribution in [2.24, 2.45) is 0 Å². The van der Waals surface area contributed by atoms with Crippen LogP contribution in [-0.4, -0.2) is 121 Å². The van der Waals surface area contributed by atoms with E-state index < -0.39 is 30.1 Å². The number of hydrogen-bond acceptors (Lipinski definition) is 16. The number of carbonyl (C=O) groups is 2. The second-order valence-electron chi connectivity index (χ2n) is 16.4. The molecule has 1 fully saturated rings. The zero-order valence-corrected chi connectivity index (χ0v) is 40.9. The summed E-state index contributed by atoms with van der Waals surface area (Å²) in [6, 6.07) is 26.3. The molecule has 0 radical (unpaired) electrons. The molecule has 0 amide bonds. The minimum atomic E-state index is -1.38. The van der Waals surface area contributed by atoms with Crippen molar-refractivity contribution in [3.8, 4) is 56.1 Å². The van der Waals surface area contributed by atoms with Gasteiger partial charge in [-0.05, 0) is 78.7 Å². The van der Waals surface area contributed by atoms with Crippen molar-refractivity contribution >= 4 is 45.1 Å². The summed E-state index contributed by atoms with van der Waals surface area (Å²) >= 11 is 8.48. The summed E-state index contributed by atoms with van der Waals surface area (Å²) < 4.78 is 55.2. The highest BCUT2D eigenvalue weighted by Crippen LogP contribution is 2.49. The number of aromatic nitrogens is 4. The fourth-order valence-electron chi connectivity index (χ4n) is 7.97. The van der Waals surface area contributed by atoms with E-state index in [4.69, 9.17) is 49.7 Å². The van der Waals surface area contributed by atoms with Gasteiger partial charge < -0.3 is 38.1 Å². The minimum Gasteiger partial charge on any atom is -0.496 e. The molecule has 1 aliphatic rings. The van der Waals surface area contributed by atoms with Gasteiger partial charge in [0.15, 0.2) is 5.82 Å². The molecule has 0 bridgehead atoms. The smallest absolute Gasteiger partial charge is 0.350 e. The fraction of sp³-hybridized carbons (Fsp3) is 0.308. The van der Waals surface area contributed by atoms with Crippen molar-refractivity contribution in [2.75, 3.05) is 67.2 Å². The van der Waals surface area contributed by atoms with Gasteiger partial charge >= 0.3 is 11.9 Å². The van der Waals surface area contributed by atoms with Gasteiger partial charge in [-0.3, -0.25) is 4.90 Å². The molecule has 70 heavy (non-hydrogen) atoms. The monoisotopic (exact) mass is 990 g/mol. The predicted octanol–water partition coefficient (Wildman–Crippen LogP) is 8.87. The van der Waals surface area contributed by atoms with E-state index in [9.17, 15) is 14.0 Å². The first-order valence-corrected chi connectivity index (χ1v) is 23.8. The van der Waals surface area contributed by atoms with Gasteiger partial charge in [0.05, 0.1) is 28.8 Å². The van der Waals surface area contributed by atoms with E-state index in [1.807, 2.05) is 55.5 Å². The number of thiophene rings is 1. The van der Waals surface area contributed by atoms with Crippen LogP contribution >= 0.6 is 22.9 Å². The number of carbonyl (C=O) groups excluding carboxylic acids is 2. The Labute approximate surface area is 414 Å². The molecule has 2 atom stereocenters. The van der Waals surface area contributed by atoms with Crippen LogP contribution in [0.2, 0.25) is 5.02 Å². The Hall–Kier alpha value is -6.76. The van der Waals surface area contributed by atoms with Crippen LogP contribution in [0.4, 0.5) is 4.39 Å². The van der Waals surface area contributed by atoms with Crippen molar-refractivity contribution in [1.29, 1.82) is 0 Å². The molecule has 8 rings (SSSR count). The summed E-state index contributed by atoms with van der Waals surface area (Å²) in [4.78, 5) is 51.1. The molecular formula is C52H52ClFN6O9S. The maximum absolute atomic E-state index is 14.4. The van der Waals surface area contributed by atoms with Gasteiger partial charge in [0.1, 0.15) is 54.0 Å². The van der Waals surface area contributed by atoms with Gasteiger partial charge in [0, 0.05) is 69.8 Å². The van der Waals surface area contributed by atoms with Crippen molar-refractivity contribution < 1.29 is 47.1 Å². The number of methoxy groups -OCH3 is 2. The number of rotatable bonds is 20. The van der Waals surface area contributed by atoms with E-state index in [-0.39, 0.29) is 25.5 Å². The molecular weight excluding hydrogens is 939 g/mol. The van der Waals surface area contributed by atoms with Gasteiger partial charge in [-0.25, -0.2) is 33.9 Å². The SMILES string of the molecule is COCC(=O)OC(C)OC(=O)C(Cc1ccccc1OCc1ccnc(-c2ccccc2OC)n1)Oc1ncnc2sc(-c3ccc(F)cc3)c(-c3ccc(OCCN4CCN(C)CC4)c(Cl)c3C)c12. The summed E-state index contributed by atoms with van der Waals surface area (Å²) in [7, 11) is 5.06. The van der Waals surface area contributed by atoms with Crippen molar-refractivity contribution in [3.05, 3.63) is 131 Å². The van der Waals surface area contributed by atoms with Crippen LogP contribution in [-0.2, 0) is 36.8 Å². The normalized spacial score (nSPS) is 13.9. The van der Waals surface area contributed by atoms with Crippen LogP contribution in [0.25, 0.3) is 43.2 Å². The molecule has 0 N–H and O–H groups in total. The Morgan fingerprint density at radius 3 is 2.37 bits per heavy atom. The summed E-state index contributed by atoms with van der Waals surface area (Å²) in [5, 5.41) is 0.902. The number of piperazine rings is 1. The Kier molecular flexibility index (Phi) is 16.5. The lowest BCUT2D eigenvalue weighted by atomic mass is 9.96. The Balaban J connectivity index is 1.13. The average molecular weight is 992 g/mol. The van der Waals surface area contributed by atoms with Crippen LogP contribution in [0, 0.1) is 12.7 Å². The van der Waals surface area contributed by atoms with E-state index >= 15 is 0 Å². The number of para-hydroxylation sites is 2. The molecule has 2 unspecified atom stereocenters. The van der Waals surface area contributed by atoms with Gasteiger partial charge in [-0.15, -0.1) is 11.3 Å². The molecule has 0 aliphatic carbocycles. The molecule has 0 spiro atoms. The number of nitrogens with zero attached hydrogens (tertiary/aromatic N) is 6. The van der Waals surface area contributed by atoms with E-state index in [2.05, 4.69) is 31.8 Å². The molecule has 4 heterocycles. The third kappa shape index (κ3) is 12.0. The quantitative estimate of drug-likeness (QED) is 0.0527. The van der Waals surface area contributed by atoms with Crippen molar-refractivity contribution in [3.63, 3.8) is 0 Å². The molecule has 1 saturated heterocycles. The Morgan fingerprint density at radius 2 is 1.60 bits per heavy atom. The van der Waals surface area contributed by atoms with E-state index in [0.717, 1.165) is 48.7 Å². The van der Waals surface area contributed by atoms with Crippen LogP contribution in [0.5, 0.6) is 23.1 Å². The molecule has 4 aromatic carbocycles. The van der Waals surface area contributed by atoms with Gasteiger partial charge in [0.2, 0.25) is 18.3 Å². The highest BCUT2D eigenvalue weighted by atomic mass is 35.5. The fourth-order valence-corrected chi connectivity index (χ4v) is 9.34. The first-order valence-electron chi connectivity index (χ1n) is 22.6. The zero-order chi connectivity index (χ0) is 49.1. The summed E-state index contributed by atoms with van der Waals surface area (Å²) in [5.74, 6) is 0.150. The molecule has 1 aliphatic heterocycles. The van der Waals surface area contributed by atoms with Gasteiger partial charge in [-0.1, -0.05) is 60.1 Å². The minimum absolute atomic E-state index is 0.0573. The number of esters is 2. The molecule has 3 aromatic heterocycles. The lowest BCUT2D eigenvalue weighted by Crippen LogP contribution is -2.45. The average Bonchev–Trinajstić information content (AvgIpc) is 3.76. The number of likely N-dealkylation sites (N-methyl/N-ethyl adjacent to an activating group) is 1. The first kappa shape index (κ1) is 49.7. The predicted molar refractivity (Wildman–Crippen MR) is 264 cm³/mol. The first-order chi connectivity index (χ1) is 34.0. The molecule has 18 heteroatoms. The van der Waals surface area contributed by atoms with Crippen LogP contribution < -0.4 is 18.9 Å². The molecule has 15 nitrogen and oxygen atoms in total. The second-order valence-corrected chi connectivity index (χ2v) is 17.8. The summed E-state index contributed by atoms with van der Waals surface area (Å²) in [6.07, 6.45) is 0.230. The van der Waals surface area contributed by atoms with Gasteiger partial charge in [0.25, 0.3) is 0 Å². The second kappa shape index (κ2) is 23.2. The van der Waals surface area contributed by atoms with Crippen molar-refractivity contribution in [2.45, 2.75) is 39.3 Å². The van der Waals surface area contributed by atoms with Crippen LogP contribution in [0.3, 0.4) is 0 Å². The number of halogens is 2. The topological polar surface area (TPSA) is 157 Å². The third-order valence-electron chi connectivity index (χ3n) is 11.6. The number of fused-ring (bicyclic) bond motifs is 1. The standard InChI is InChI=1S/C52H52ClFN6O9S/c1-32-38(18-19-42(47(32)53)65-27-26-60-24-22-59(3)23-25-60)45-46-50(56-31-57-51(46)70-48(45)34-14-16-36(54)17-15-34)69-43(52(62)68-33(2)67-44(61)30-63-4)28-35-10-6-8-12-40(35)66-29-37-20-21-55-49(58-37)39-11-7-9-13-41(39)64-5/h6-21,31,33,43H,22-30H2,1-5H3.